The van der Waals surface area contributed by atoms with Gasteiger partial charge < -0.3 is 0 Å². The summed E-state index contributed by atoms with van der Waals surface area (Å²) in [6.07, 6.45) is 7.53. The molecular formula is C18H20O. The van der Waals surface area contributed by atoms with E-state index in [0.29, 0.717) is 18.4 Å². The molecule has 3 aliphatic rings. The van der Waals surface area contributed by atoms with Crippen molar-refractivity contribution < 1.29 is 11.6 Å². The average molecular weight is 257 g/mol. The third-order valence-electron chi connectivity index (χ3n) is 5.13. The molecule has 0 N–H and O–H groups in total. The highest BCUT2D eigenvalue weighted by molar-refractivity contribution is 6.06. The molecule has 0 radical (unpaired) electrons. The highest BCUT2D eigenvalue weighted by atomic mass is 16.1. The van der Waals surface area contributed by atoms with Crippen molar-refractivity contribution in [2.75, 3.05) is 0 Å². The molecule has 1 unspecified atom stereocenters. The van der Waals surface area contributed by atoms with E-state index in [2.05, 4.69) is 0 Å². The molecule has 1 saturated carbocycles. The first-order valence-electron chi connectivity index (χ1n) is 9.73. The predicted molar refractivity (Wildman–Crippen MR) is 76.3 cm³/mol. The molecule has 0 aliphatic heterocycles. The number of Topliss-reactive ketones (excluding diaryl/α,β-unsaturated/α-hetero) is 1. The molecule has 98 valence electrons. The third kappa shape index (κ3) is 1.39. The van der Waals surface area contributed by atoms with Crippen molar-refractivity contribution in [3.8, 4) is 0 Å². The molecule has 0 amide bonds. The molecule has 4 atom stereocenters. The minimum atomic E-state index is -0.744. The zero-order valence-electron chi connectivity index (χ0n) is 15.8. The van der Waals surface area contributed by atoms with Crippen molar-refractivity contribution in [2.45, 2.75) is 44.4 Å². The average Bonchev–Trinajstić information content (AvgIpc) is 3.12. The Labute approximate surface area is 121 Å². The van der Waals surface area contributed by atoms with Crippen LogP contribution in [0.15, 0.2) is 36.3 Å². The van der Waals surface area contributed by atoms with E-state index in [-0.39, 0.29) is 53.7 Å². The summed E-state index contributed by atoms with van der Waals surface area (Å²) < 4.78 is 40.8. The highest BCUT2D eigenvalue weighted by Crippen LogP contribution is 2.60. The number of fused-ring (bicyclic) bond motifs is 3. The van der Waals surface area contributed by atoms with Crippen molar-refractivity contribution in [3.63, 3.8) is 0 Å². The quantitative estimate of drug-likeness (QED) is 0.677. The van der Waals surface area contributed by atoms with Crippen molar-refractivity contribution in [3.05, 3.63) is 47.4 Å². The van der Waals surface area contributed by atoms with Gasteiger partial charge in [0.1, 0.15) is 0 Å². The topological polar surface area (TPSA) is 17.1 Å². The summed E-state index contributed by atoms with van der Waals surface area (Å²) in [4.78, 5) is 13.5. The van der Waals surface area contributed by atoms with E-state index in [4.69, 9.17) is 6.85 Å². The van der Waals surface area contributed by atoms with Crippen LogP contribution in [0.25, 0.3) is 0 Å². The second-order valence-electron chi connectivity index (χ2n) is 5.88. The van der Waals surface area contributed by atoms with Gasteiger partial charge in [0.15, 0.2) is 5.78 Å². The molecule has 1 aromatic carbocycles. The first-order valence-corrected chi connectivity index (χ1v) is 7.15. The minimum absolute atomic E-state index is 0.0587. The van der Waals surface area contributed by atoms with E-state index < -0.39 is 5.41 Å². The smallest absolute Gasteiger partial charge is 0.170 e. The number of carbonyl (C=O) groups excluding carboxylic acids is 1. The number of allylic oxidation sites excluding steroid dienone is 2. The van der Waals surface area contributed by atoms with Crippen molar-refractivity contribution >= 4 is 5.78 Å². The van der Waals surface area contributed by atoms with Crippen molar-refractivity contribution in [1.82, 2.24) is 0 Å². The molecule has 0 saturated heterocycles. The Morgan fingerprint density at radius 1 is 1.32 bits per heavy atom. The molecule has 3 aliphatic carbocycles. The number of rotatable bonds is 1. The summed E-state index contributed by atoms with van der Waals surface area (Å²) in [5, 5.41) is 0. The zero-order chi connectivity index (χ0) is 17.2. The molecule has 19 heavy (non-hydrogen) atoms. The van der Waals surface area contributed by atoms with Gasteiger partial charge in [-0.2, -0.15) is 0 Å². The van der Waals surface area contributed by atoms with Gasteiger partial charge in [0.05, 0.1) is 5.48 Å². The number of hydrogen-bond acceptors (Lipinski definition) is 1. The Balaban J connectivity index is 1.99. The number of hydrogen-bond donors (Lipinski definition) is 0. The Hall–Kier alpha value is -1.37. The van der Waals surface area contributed by atoms with Crippen LogP contribution in [0.1, 0.15) is 67.2 Å². The third-order valence-corrected chi connectivity index (χ3v) is 5.13. The first kappa shape index (κ1) is 7.42. The maximum Gasteiger partial charge on any atom is 0.170 e. The maximum atomic E-state index is 13.5. The molecule has 0 bridgehead atoms. The van der Waals surface area contributed by atoms with Crippen molar-refractivity contribution in [1.29, 1.82) is 0 Å². The summed E-state index contributed by atoms with van der Waals surface area (Å²) in [6, 6.07) is -0.840. The molecular weight excluding hydrogens is 232 g/mol. The van der Waals surface area contributed by atoms with Crippen LogP contribution in [0.2, 0.25) is 0 Å². The van der Waals surface area contributed by atoms with E-state index in [1.165, 1.54) is 0 Å². The molecule has 0 aromatic heterocycles. The van der Waals surface area contributed by atoms with E-state index in [1.54, 1.807) is 0 Å². The fraction of sp³-hybridized carbons (Fsp3) is 0.500. The Bertz CT molecular complexity index is 771. The van der Waals surface area contributed by atoms with Gasteiger partial charge in [0.25, 0.3) is 0 Å². The monoisotopic (exact) mass is 257 g/mol. The van der Waals surface area contributed by atoms with E-state index in [9.17, 15) is 4.79 Å². The Morgan fingerprint density at radius 2 is 2.21 bits per heavy atom. The summed E-state index contributed by atoms with van der Waals surface area (Å²) >= 11 is 0. The fourth-order valence-corrected chi connectivity index (χ4v) is 4.33. The molecule has 1 nitrogen and oxygen atoms in total. The Kier molecular flexibility index (Phi) is 1.59. The van der Waals surface area contributed by atoms with Gasteiger partial charge in [-0.25, -0.2) is 0 Å². The highest BCUT2D eigenvalue weighted by Gasteiger charge is 2.56. The zero-order valence-corrected chi connectivity index (χ0v) is 10.8. The first-order chi connectivity index (χ1) is 11.4. The van der Waals surface area contributed by atoms with E-state index >= 15 is 0 Å². The second-order valence-corrected chi connectivity index (χ2v) is 5.88. The van der Waals surface area contributed by atoms with Crippen LogP contribution in [0.3, 0.4) is 0 Å². The SMILES string of the molecule is [2H]c1c([2H])c([2H])c2c(c1[2H])C(=O)[C@@]1([C@@H]3C=CCC3[2H])CCCC[C@@H]21. The van der Waals surface area contributed by atoms with Crippen LogP contribution in [-0.4, -0.2) is 5.78 Å². The van der Waals surface area contributed by atoms with Gasteiger partial charge in [-0.1, -0.05) is 49.2 Å². The summed E-state index contributed by atoms with van der Waals surface area (Å²) in [6.45, 7) is 0. The van der Waals surface area contributed by atoms with Crippen LogP contribution in [0.4, 0.5) is 0 Å². The molecule has 4 rings (SSSR count). The standard InChI is InChI=1S/C18H20O/c19-17-15-10-4-3-9-14(15)16-11-5-6-12-18(16,17)13-7-1-2-8-13/h1,3-4,7,9-10,13,16H,2,5-6,8,11-12H2/t13-,16+,18-/m1/s1/i3D,4D,8D,9D,10D/t8?,13-,16+,18-. The number of benzene rings is 1. The lowest BCUT2D eigenvalue weighted by Gasteiger charge is -2.42. The van der Waals surface area contributed by atoms with Gasteiger partial charge in [-0.15, -0.1) is 0 Å². The predicted octanol–water partition coefficient (Wildman–Crippen LogP) is 4.49. The summed E-state index contributed by atoms with van der Waals surface area (Å²) in [7, 11) is 0. The van der Waals surface area contributed by atoms with Crippen LogP contribution in [-0.2, 0) is 0 Å². The molecule has 0 spiro atoms. The van der Waals surface area contributed by atoms with E-state index in [0.717, 1.165) is 19.3 Å². The van der Waals surface area contributed by atoms with Gasteiger partial charge in [-0.3, -0.25) is 4.79 Å². The minimum Gasteiger partial charge on any atom is -0.293 e. The van der Waals surface area contributed by atoms with Crippen LogP contribution in [0, 0.1) is 11.3 Å². The number of carbonyl (C=O) groups is 1. The normalized spacial score (nSPS) is 43.9. The molecule has 1 fully saturated rings. The summed E-state index contributed by atoms with van der Waals surface area (Å²) in [5.41, 5.74) is -0.0372. The van der Waals surface area contributed by atoms with Gasteiger partial charge in [0, 0.05) is 12.3 Å². The van der Waals surface area contributed by atoms with E-state index in [1.807, 2.05) is 12.2 Å². The van der Waals surface area contributed by atoms with Crippen LogP contribution >= 0.6 is 0 Å². The van der Waals surface area contributed by atoms with Crippen LogP contribution < -0.4 is 0 Å². The van der Waals surface area contributed by atoms with Crippen molar-refractivity contribution in [2.24, 2.45) is 11.3 Å². The largest absolute Gasteiger partial charge is 0.293 e. The fourth-order valence-electron chi connectivity index (χ4n) is 4.33. The number of ketones is 1. The summed E-state index contributed by atoms with van der Waals surface area (Å²) in [5.74, 6) is -0.525. The molecule has 0 heterocycles. The lowest BCUT2D eigenvalue weighted by Crippen LogP contribution is -2.40. The lowest BCUT2D eigenvalue weighted by molar-refractivity contribution is 0.0578. The molecule has 1 heteroatoms. The van der Waals surface area contributed by atoms with Crippen LogP contribution in [0.5, 0.6) is 0 Å². The van der Waals surface area contributed by atoms with Gasteiger partial charge in [0.2, 0.25) is 0 Å². The second kappa shape index (κ2) is 4.06. The van der Waals surface area contributed by atoms with Gasteiger partial charge in [-0.05, 0) is 43.1 Å². The van der Waals surface area contributed by atoms with Gasteiger partial charge >= 0.3 is 0 Å². The maximum absolute atomic E-state index is 13.5. The molecule has 1 aromatic rings. The Morgan fingerprint density at radius 3 is 3.05 bits per heavy atom. The lowest BCUT2D eigenvalue weighted by atomic mass is 9.59.